The highest BCUT2D eigenvalue weighted by molar-refractivity contribution is 6.05. The third kappa shape index (κ3) is 4.43. The molecule has 0 aromatic heterocycles. The molecule has 0 radical (unpaired) electrons. The highest BCUT2D eigenvalue weighted by Crippen LogP contribution is 2.21. The fourth-order valence-electron chi connectivity index (χ4n) is 3.93. The number of amides is 2. The Kier molecular flexibility index (Phi) is 5.81. The molecule has 2 aliphatic rings. The first-order chi connectivity index (χ1) is 14.1. The minimum absolute atomic E-state index is 0.0353. The summed E-state index contributed by atoms with van der Waals surface area (Å²) in [4.78, 5) is 29.6. The van der Waals surface area contributed by atoms with Gasteiger partial charge in [-0.05, 0) is 62.2 Å². The number of nitrogens with zero attached hydrogens (tertiary/aromatic N) is 2. The fraction of sp³-hybridized carbons (Fsp3) is 0.391. The summed E-state index contributed by atoms with van der Waals surface area (Å²) in [6.07, 6.45) is 2.45. The zero-order valence-electron chi connectivity index (χ0n) is 16.8. The maximum Gasteiger partial charge on any atom is 0.255 e. The van der Waals surface area contributed by atoms with Crippen molar-refractivity contribution in [2.75, 3.05) is 43.1 Å². The Hall–Kier alpha value is -2.86. The van der Waals surface area contributed by atoms with Crippen LogP contribution in [0.5, 0.6) is 0 Å². The fourth-order valence-corrected chi connectivity index (χ4v) is 3.93. The Morgan fingerprint density at radius 3 is 2.48 bits per heavy atom. The largest absolute Gasteiger partial charge is 0.377 e. The number of carbonyl (C=O) groups is 2. The van der Waals surface area contributed by atoms with Gasteiger partial charge in [0.2, 0.25) is 0 Å². The summed E-state index contributed by atoms with van der Waals surface area (Å²) in [5.41, 5.74) is 2.95. The molecule has 0 spiro atoms. The Balaban J connectivity index is 1.43. The molecular formula is C23H27N3O3. The van der Waals surface area contributed by atoms with E-state index >= 15 is 0 Å². The molecule has 0 aliphatic carbocycles. The van der Waals surface area contributed by atoms with E-state index in [2.05, 4.69) is 10.2 Å². The lowest BCUT2D eigenvalue weighted by molar-refractivity contribution is 0.00359. The number of anilines is 2. The van der Waals surface area contributed by atoms with Gasteiger partial charge in [-0.2, -0.15) is 0 Å². The van der Waals surface area contributed by atoms with E-state index in [-0.39, 0.29) is 17.9 Å². The average Bonchev–Trinajstić information content (AvgIpc) is 3.29. The number of hydrogen-bond acceptors (Lipinski definition) is 4. The average molecular weight is 393 g/mol. The van der Waals surface area contributed by atoms with Crippen molar-refractivity contribution in [2.45, 2.75) is 25.8 Å². The molecule has 2 aromatic rings. The van der Waals surface area contributed by atoms with Gasteiger partial charge in [-0.15, -0.1) is 0 Å². The van der Waals surface area contributed by atoms with Gasteiger partial charge in [0.15, 0.2) is 0 Å². The number of hydrogen-bond donors (Lipinski definition) is 1. The molecule has 0 saturated carbocycles. The summed E-state index contributed by atoms with van der Waals surface area (Å²) in [7, 11) is 0. The van der Waals surface area contributed by atoms with Crippen molar-refractivity contribution < 1.29 is 14.3 Å². The summed E-state index contributed by atoms with van der Waals surface area (Å²) in [6, 6.07) is 14.9. The lowest BCUT2D eigenvalue weighted by atomic mass is 10.1. The molecular weight excluding hydrogens is 366 g/mol. The number of rotatable bonds is 4. The van der Waals surface area contributed by atoms with Crippen LogP contribution < -0.4 is 10.2 Å². The van der Waals surface area contributed by atoms with Crippen molar-refractivity contribution in [1.82, 2.24) is 4.90 Å². The molecule has 1 unspecified atom stereocenters. The predicted octanol–water partition coefficient (Wildman–Crippen LogP) is 3.40. The first-order valence-corrected chi connectivity index (χ1v) is 10.3. The highest BCUT2D eigenvalue weighted by Gasteiger charge is 2.25. The summed E-state index contributed by atoms with van der Waals surface area (Å²) >= 11 is 0. The van der Waals surface area contributed by atoms with Crippen LogP contribution in [-0.2, 0) is 4.74 Å². The molecule has 2 aliphatic heterocycles. The Labute approximate surface area is 171 Å². The summed E-state index contributed by atoms with van der Waals surface area (Å²) < 4.78 is 5.41. The molecule has 2 heterocycles. The van der Waals surface area contributed by atoms with Gasteiger partial charge in [0.05, 0.1) is 19.3 Å². The van der Waals surface area contributed by atoms with Crippen molar-refractivity contribution in [3.63, 3.8) is 0 Å². The Bertz CT molecular complexity index is 875. The molecule has 2 aromatic carbocycles. The van der Waals surface area contributed by atoms with Crippen molar-refractivity contribution in [2.24, 2.45) is 0 Å². The van der Waals surface area contributed by atoms with E-state index in [0.717, 1.165) is 18.8 Å². The van der Waals surface area contributed by atoms with E-state index in [9.17, 15) is 9.59 Å². The number of carbonyl (C=O) groups excluding carboxylic acids is 2. The van der Waals surface area contributed by atoms with E-state index < -0.39 is 0 Å². The summed E-state index contributed by atoms with van der Waals surface area (Å²) in [5, 5.41) is 2.91. The van der Waals surface area contributed by atoms with Crippen LogP contribution in [0.3, 0.4) is 0 Å². The summed E-state index contributed by atoms with van der Waals surface area (Å²) in [6.45, 7) is 5.83. The molecule has 6 heteroatoms. The second kappa shape index (κ2) is 8.66. The van der Waals surface area contributed by atoms with E-state index in [4.69, 9.17) is 4.74 Å². The second-order valence-corrected chi connectivity index (χ2v) is 7.70. The van der Waals surface area contributed by atoms with Gasteiger partial charge in [0, 0.05) is 42.1 Å². The number of nitrogens with one attached hydrogen (secondary N) is 1. The van der Waals surface area contributed by atoms with Crippen LogP contribution in [0.4, 0.5) is 11.4 Å². The predicted molar refractivity (Wildman–Crippen MR) is 114 cm³/mol. The first kappa shape index (κ1) is 19.5. The summed E-state index contributed by atoms with van der Waals surface area (Å²) in [5.74, 6) is -0.214. The molecule has 6 nitrogen and oxygen atoms in total. The van der Waals surface area contributed by atoms with E-state index in [1.807, 2.05) is 36.1 Å². The SMILES string of the molecule is CC1COCCN1C(=O)c1cccc(NC(=O)c2ccc(N3CCCC3)cc2)c1. The van der Waals surface area contributed by atoms with Crippen molar-refractivity contribution in [3.8, 4) is 0 Å². The molecule has 152 valence electrons. The molecule has 2 fully saturated rings. The second-order valence-electron chi connectivity index (χ2n) is 7.70. The quantitative estimate of drug-likeness (QED) is 0.865. The van der Waals surface area contributed by atoms with Crippen LogP contribution in [0, 0.1) is 0 Å². The van der Waals surface area contributed by atoms with Crippen LogP contribution >= 0.6 is 0 Å². The minimum atomic E-state index is -0.178. The maximum absolute atomic E-state index is 12.8. The van der Waals surface area contributed by atoms with E-state index in [1.54, 1.807) is 24.3 Å². The normalized spacial score (nSPS) is 19.3. The van der Waals surface area contributed by atoms with Crippen molar-refractivity contribution in [1.29, 1.82) is 0 Å². The minimum Gasteiger partial charge on any atom is -0.377 e. The van der Waals surface area contributed by atoms with Crippen molar-refractivity contribution >= 4 is 23.2 Å². The van der Waals surface area contributed by atoms with Gasteiger partial charge >= 0.3 is 0 Å². The topological polar surface area (TPSA) is 61.9 Å². The zero-order chi connectivity index (χ0) is 20.2. The smallest absolute Gasteiger partial charge is 0.255 e. The third-order valence-electron chi connectivity index (χ3n) is 5.60. The molecule has 0 bridgehead atoms. The van der Waals surface area contributed by atoms with Crippen LogP contribution in [-0.4, -0.2) is 55.6 Å². The molecule has 2 saturated heterocycles. The lowest BCUT2D eigenvalue weighted by Crippen LogP contribution is -2.47. The molecule has 4 rings (SSSR count). The van der Waals surface area contributed by atoms with Crippen LogP contribution in [0.15, 0.2) is 48.5 Å². The number of morpholine rings is 1. The zero-order valence-corrected chi connectivity index (χ0v) is 16.8. The lowest BCUT2D eigenvalue weighted by Gasteiger charge is -2.33. The Morgan fingerprint density at radius 2 is 1.76 bits per heavy atom. The van der Waals surface area contributed by atoms with Crippen LogP contribution in [0.1, 0.15) is 40.5 Å². The molecule has 1 N–H and O–H groups in total. The van der Waals surface area contributed by atoms with Gasteiger partial charge in [-0.25, -0.2) is 0 Å². The first-order valence-electron chi connectivity index (χ1n) is 10.3. The molecule has 1 atom stereocenters. The van der Waals surface area contributed by atoms with Crippen LogP contribution in [0.25, 0.3) is 0 Å². The standard InChI is InChI=1S/C23H27N3O3/c1-17-16-29-14-13-26(17)23(28)19-5-4-6-20(15-19)24-22(27)18-7-9-21(10-8-18)25-11-2-3-12-25/h4-10,15,17H,2-3,11-14,16H2,1H3,(H,24,27). The van der Waals surface area contributed by atoms with Gasteiger partial charge in [0.1, 0.15) is 0 Å². The van der Waals surface area contributed by atoms with E-state index in [1.165, 1.54) is 12.8 Å². The maximum atomic E-state index is 12.8. The van der Waals surface area contributed by atoms with Gasteiger partial charge in [-0.1, -0.05) is 6.07 Å². The van der Waals surface area contributed by atoms with Gasteiger partial charge < -0.3 is 19.9 Å². The molecule has 2 amide bonds. The van der Waals surface area contributed by atoms with E-state index in [0.29, 0.717) is 36.6 Å². The van der Waals surface area contributed by atoms with Crippen molar-refractivity contribution in [3.05, 3.63) is 59.7 Å². The molecule has 29 heavy (non-hydrogen) atoms. The van der Waals surface area contributed by atoms with Crippen LogP contribution in [0.2, 0.25) is 0 Å². The number of ether oxygens (including phenoxy) is 1. The third-order valence-corrected chi connectivity index (χ3v) is 5.60. The van der Waals surface area contributed by atoms with Gasteiger partial charge in [0.25, 0.3) is 11.8 Å². The Morgan fingerprint density at radius 1 is 1.00 bits per heavy atom. The monoisotopic (exact) mass is 393 g/mol. The van der Waals surface area contributed by atoms with Gasteiger partial charge in [-0.3, -0.25) is 9.59 Å². The highest BCUT2D eigenvalue weighted by atomic mass is 16.5. The number of benzene rings is 2.